The number of ketones is 1. The highest BCUT2D eigenvalue weighted by Crippen LogP contribution is 2.41. The number of allylic oxidation sites excluding steroid dienone is 5. The second-order valence-electron chi connectivity index (χ2n) is 15.0. The minimum Gasteiger partial charge on any atom is -0.299 e. The van der Waals surface area contributed by atoms with Crippen molar-refractivity contribution < 1.29 is 4.79 Å². The minimum atomic E-state index is -0.0290. The van der Waals surface area contributed by atoms with Gasteiger partial charge in [-0.05, 0) is 140 Å². The van der Waals surface area contributed by atoms with Crippen LogP contribution in [0.5, 0.6) is 0 Å². The molecule has 0 bridgehead atoms. The van der Waals surface area contributed by atoms with Gasteiger partial charge in [0.05, 0.1) is 0 Å². The lowest BCUT2D eigenvalue weighted by atomic mass is 9.70. The van der Waals surface area contributed by atoms with Gasteiger partial charge in [0.2, 0.25) is 0 Å². The van der Waals surface area contributed by atoms with Gasteiger partial charge in [-0.3, -0.25) is 4.79 Å². The summed E-state index contributed by atoms with van der Waals surface area (Å²) in [5, 5.41) is 0. The number of carbonyl (C=O) groups excluding carboxylic acids is 1. The van der Waals surface area contributed by atoms with Crippen LogP contribution in [0.4, 0.5) is 0 Å². The normalized spacial score (nSPS) is 22.8. The molecule has 0 radical (unpaired) electrons. The van der Waals surface area contributed by atoms with Crippen LogP contribution in [0.1, 0.15) is 117 Å². The first-order valence-corrected chi connectivity index (χ1v) is 18.8. The molecular formula is C47H54O. The van der Waals surface area contributed by atoms with Gasteiger partial charge in [0.25, 0.3) is 0 Å². The van der Waals surface area contributed by atoms with Gasteiger partial charge in [0.1, 0.15) is 5.78 Å². The average Bonchev–Trinajstić information content (AvgIpc) is 3.74. The van der Waals surface area contributed by atoms with E-state index in [1.54, 1.807) is 0 Å². The molecule has 0 N–H and O–H groups in total. The Morgan fingerprint density at radius 2 is 1.71 bits per heavy atom. The molecule has 2 saturated carbocycles. The van der Waals surface area contributed by atoms with Crippen molar-refractivity contribution in [3.63, 3.8) is 0 Å². The molecule has 2 fully saturated rings. The van der Waals surface area contributed by atoms with Crippen molar-refractivity contribution in [2.45, 2.75) is 103 Å². The van der Waals surface area contributed by atoms with Crippen LogP contribution in [-0.2, 0) is 24.1 Å². The third kappa shape index (κ3) is 8.76. The molecule has 0 saturated heterocycles. The Bertz CT molecular complexity index is 1640. The predicted octanol–water partition coefficient (Wildman–Crippen LogP) is 11.7. The Balaban J connectivity index is 1.08. The fourth-order valence-electron chi connectivity index (χ4n) is 8.73. The van der Waals surface area contributed by atoms with Crippen molar-refractivity contribution >= 4 is 11.4 Å². The molecule has 6 rings (SSSR count). The van der Waals surface area contributed by atoms with E-state index in [0.29, 0.717) is 30.0 Å². The van der Waals surface area contributed by atoms with Gasteiger partial charge in [-0.25, -0.2) is 0 Å². The number of hydrogen-bond acceptors (Lipinski definition) is 1. The average molecular weight is 635 g/mol. The number of benzene rings is 3. The van der Waals surface area contributed by atoms with Gasteiger partial charge < -0.3 is 0 Å². The molecule has 3 aliphatic rings. The number of terminal acetylenes is 1. The summed E-state index contributed by atoms with van der Waals surface area (Å²) in [6.45, 7) is 6.52. The highest BCUT2D eigenvalue weighted by Gasteiger charge is 2.33. The van der Waals surface area contributed by atoms with Crippen molar-refractivity contribution in [3.05, 3.63) is 137 Å². The first kappa shape index (κ1) is 34.0. The van der Waals surface area contributed by atoms with Crippen LogP contribution in [0.2, 0.25) is 0 Å². The summed E-state index contributed by atoms with van der Waals surface area (Å²) in [7, 11) is 0. The molecule has 3 aromatic carbocycles. The number of Topliss-reactive ketones (excluding diaryl/α,β-unsaturated/α-hetero) is 1. The predicted molar refractivity (Wildman–Crippen MR) is 203 cm³/mol. The molecular weight excluding hydrogens is 581 g/mol. The fraction of sp³-hybridized carbons (Fsp3) is 0.426. The van der Waals surface area contributed by atoms with Crippen LogP contribution < -0.4 is 0 Å². The molecule has 0 aliphatic heterocycles. The topological polar surface area (TPSA) is 17.1 Å². The van der Waals surface area contributed by atoms with E-state index in [4.69, 9.17) is 6.42 Å². The smallest absolute Gasteiger partial charge is 0.140 e. The fourth-order valence-corrected chi connectivity index (χ4v) is 8.73. The third-order valence-corrected chi connectivity index (χ3v) is 11.6. The molecule has 1 nitrogen and oxygen atoms in total. The summed E-state index contributed by atoms with van der Waals surface area (Å²) in [5.41, 5.74) is 10.3. The maximum atomic E-state index is 14.0. The number of rotatable bonds is 14. The largest absolute Gasteiger partial charge is 0.299 e. The monoisotopic (exact) mass is 634 g/mol. The second-order valence-corrected chi connectivity index (χ2v) is 15.0. The maximum absolute atomic E-state index is 14.0. The van der Waals surface area contributed by atoms with Gasteiger partial charge in [-0.15, -0.1) is 6.42 Å². The van der Waals surface area contributed by atoms with Gasteiger partial charge in [0.15, 0.2) is 0 Å². The first-order chi connectivity index (χ1) is 23.5. The molecule has 3 unspecified atom stereocenters. The maximum Gasteiger partial charge on any atom is 0.140 e. The molecule has 3 atom stereocenters. The molecule has 3 aromatic rings. The van der Waals surface area contributed by atoms with E-state index in [1.165, 1.54) is 90.3 Å². The van der Waals surface area contributed by atoms with E-state index in [2.05, 4.69) is 104 Å². The zero-order valence-corrected chi connectivity index (χ0v) is 29.1. The van der Waals surface area contributed by atoms with E-state index in [0.717, 1.165) is 43.6 Å². The van der Waals surface area contributed by atoms with Gasteiger partial charge in [-0.2, -0.15) is 0 Å². The summed E-state index contributed by atoms with van der Waals surface area (Å²) in [6.07, 6.45) is 28.5. The molecule has 3 aliphatic carbocycles. The Hall–Kier alpha value is -3.89. The van der Waals surface area contributed by atoms with Crippen molar-refractivity contribution in [2.24, 2.45) is 23.7 Å². The van der Waals surface area contributed by atoms with Gasteiger partial charge >= 0.3 is 0 Å². The number of hydrogen-bond donors (Lipinski definition) is 0. The van der Waals surface area contributed by atoms with Crippen molar-refractivity contribution in [3.8, 4) is 12.3 Å². The van der Waals surface area contributed by atoms with E-state index in [9.17, 15) is 4.79 Å². The third-order valence-electron chi connectivity index (χ3n) is 11.6. The molecule has 248 valence electrons. The molecule has 1 heteroatoms. The van der Waals surface area contributed by atoms with Crippen LogP contribution in [0, 0.1) is 36.0 Å². The molecule has 0 amide bonds. The van der Waals surface area contributed by atoms with Crippen molar-refractivity contribution in [1.29, 1.82) is 0 Å². The summed E-state index contributed by atoms with van der Waals surface area (Å²) in [4.78, 5) is 14.0. The Morgan fingerprint density at radius 3 is 2.40 bits per heavy atom. The SMILES string of the molecule is C#Cc1ccc(CC2CCC(C(C(=O)CCc3ccccc3)c3ccc(C4=CC(C)C=C4)cc3)CC2)cc1CCCCC1CCCC1=C. The quantitative estimate of drug-likeness (QED) is 0.0979. The molecule has 0 aromatic heterocycles. The van der Waals surface area contributed by atoms with Crippen LogP contribution in [0.25, 0.3) is 5.57 Å². The van der Waals surface area contributed by atoms with Crippen molar-refractivity contribution in [1.82, 2.24) is 0 Å². The van der Waals surface area contributed by atoms with Crippen LogP contribution in [0.15, 0.2) is 103 Å². The standard InChI is InChI=1S/C47H54O/c1-4-39-23-20-38(33-44(39)15-9-8-14-40-16-10-11-35(40)3)32-37-18-24-42(25-19-37)47(46(48)30-21-36-12-6-5-7-13-36)43-28-26-41(27-29-43)45-22-17-34(2)31-45/h1,5-7,12-13,17,20,22-23,26-29,31,33-34,37,40,42,47H,3,8-11,14-16,18-19,21,24-25,30,32H2,2H3. The van der Waals surface area contributed by atoms with E-state index >= 15 is 0 Å². The highest BCUT2D eigenvalue weighted by atomic mass is 16.1. The summed E-state index contributed by atoms with van der Waals surface area (Å²) < 4.78 is 0. The summed E-state index contributed by atoms with van der Waals surface area (Å²) >= 11 is 0. The lowest BCUT2D eigenvalue weighted by Crippen LogP contribution is -2.27. The van der Waals surface area contributed by atoms with E-state index in [-0.39, 0.29) is 5.92 Å². The lowest BCUT2D eigenvalue weighted by Gasteiger charge is -2.34. The second kappa shape index (κ2) is 16.5. The highest BCUT2D eigenvalue weighted by molar-refractivity contribution is 5.86. The Morgan fingerprint density at radius 1 is 0.917 bits per heavy atom. The van der Waals surface area contributed by atoms with Crippen LogP contribution >= 0.6 is 0 Å². The minimum absolute atomic E-state index is 0.0290. The Kier molecular flexibility index (Phi) is 11.7. The van der Waals surface area contributed by atoms with Crippen molar-refractivity contribution in [2.75, 3.05) is 0 Å². The first-order valence-electron chi connectivity index (χ1n) is 18.8. The lowest BCUT2D eigenvalue weighted by molar-refractivity contribution is -0.122. The molecule has 0 heterocycles. The van der Waals surface area contributed by atoms with Gasteiger partial charge in [-0.1, -0.05) is 116 Å². The van der Waals surface area contributed by atoms with Crippen LogP contribution in [0.3, 0.4) is 0 Å². The summed E-state index contributed by atoms with van der Waals surface area (Å²) in [5.74, 6) is 5.60. The molecule has 0 spiro atoms. The van der Waals surface area contributed by atoms with E-state index < -0.39 is 0 Å². The van der Waals surface area contributed by atoms with E-state index in [1.807, 2.05) is 6.07 Å². The Labute approximate surface area is 290 Å². The van der Waals surface area contributed by atoms with Gasteiger partial charge in [0, 0.05) is 17.9 Å². The number of carbonyl (C=O) groups is 1. The summed E-state index contributed by atoms with van der Waals surface area (Å²) in [6, 6.07) is 26.3. The van der Waals surface area contributed by atoms with Crippen LogP contribution in [-0.4, -0.2) is 5.78 Å². The number of aryl methyl sites for hydroxylation is 2. The zero-order chi connectivity index (χ0) is 33.3. The molecule has 48 heavy (non-hydrogen) atoms. The zero-order valence-electron chi connectivity index (χ0n) is 29.1. The number of unbranched alkanes of at least 4 members (excludes halogenated alkanes) is 1.